The molecule has 1 amide bonds. The van der Waals surface area contributed by atoms with Crippen molar-refractivity contribution in [3.8, 4) is 0 Å². The van der Waals surface area contributed by atoms with Gasteiger partial charge in [0.15, 0.2) is 5.65 Å². The lowest BCUT2D eigenvalue weighted by Crippen LogP contribution is -2.36. The molecule has 2 aromatic heterocycles. The quantitative estimate of drug-likeness (QED) is 0.845. The Labute approximate surface area is 157 Å². The molecule has 0 bridgehead atoms. The largest absolute Gasteiger partial charge is 0.478 e. The van der Waals surface area contributed by atoms with Gasteiger partial charge in [0.25, 0.3) is 0 Å². The molecule has 1 aliphatic rings. The van der Waals surface area contributed by atoms with Gasteiger partial charge in [-0.2, -0.15) is 5.10 Å². The molecule has 0 radical (unpaired) electrons. The molecule has 2 aromatic rings. The van der Waals surface area contributed by atoms with Crippen molar-refractivity contribution in [2.75, 3.05) is 18.4 Å². The topological polar surface area (TPSA) is 110 Å². The van der Waals surface area contributed by atoms with E-state index in [1.807, 2.05) is 27.7 Å². The van der Waals surface area contributed by atoms with Crippen molar-refractivity contribution < 1.29 is 19.4 Å². The Morgan fingerprint density at radius 2 is 2.11 bits per heavy atom. The highest BCUT2D eigenvalue weighted by Crippen LogP contribution is 2.28. The summed E-state index contributed by atoms with van der Waals surface area (Å²) < 4.78 is 7.13. The molecule has 1 atom stereocenters. The Kier molecular flexibility index (Phi) is 4.95. The number of aromatic carboxylic acids is 1. The first-order valence-electron chi connectivity index (χ1n) is 9.02. The lowest BCUT2D eigenvalue weighted by Gasteiger charge is -2.24. The van der Waals surface area contributed by atoms with Crippen LogP contribution in [0.4, 0.5) is 10.5 Å². The zero-order valence-corrected chi connectivity index (χ0v) is 16.0. The molecule has 2 N–H and O–H groups in total. The number of amides is 1. The van der Waals surface area contributed by atoms with Gasteiger partial charge in [-0.25, -0.2) is 19.3 Å². The number of hydrogen-bond acceptors (Lipinski definition) is 6. The zero-order valence-electron chi connectivity index (χ0n) is 16.0. The number of anilines is 1. The number of nitrogens with zero attached hydrogens (tertiary/aromatic N) is 4. The number of fused-ring (bicyclic) bond motifs is 1. The van der Waals surface area contributed by atoms with Crippen LogP contribution in [0.3, 0.4) is 0 Å². The first-order chi connectivity index (χ1) is 12.7. The fourth-order valence-corrected chi connectivity index (χ4v) is 3.15. The molecular formula is C18H25N5O4. The standard InChI is InChI=1S/C18H25N5O4/c1-5-23-15-12(9-20-23)14(13(8-19-15)16(24)25)21-11-6-7-22(10-11)17(26)27-18(2,3)4/h8-9,11H,5-7,10H2,1-4H3,(H,19,21)(H,24,25)/t11-/m1/s1. The Morgan fingerprint density at radius 1 is 1.37 bits per heavy atom. The lowest BCUT2D eigenvalue weighted by molar-refractivity contribution is 0.0293. The fourth-order valence-electron chi connectivity index (χ4n) is 3.15. The molecule has 146 valence electrons. The van der Waals surface area contributed by atoms with Gasteiger partial charge in [0, 0.05) is 31.9 Å². The van der Waals surface area contributed by atoms with E-state index < -0.39 is 11.6 Å². The molecule has 0 aromatic carbocycles. The van der Waals surface area contributed by atoms with Crippen molar-refractivity contribution in [1.29, 1.82) is 0 Å². The number of aromatic nitrogens is 3. The number of ether oxygens (including phenoxy) is 1. The summed E-state index contributed by atoms with van der Waals surface area (Å²) in [5.41, 5.74) is 0.662. The Bertz CT molecular complexity index is 870. The molecule has 27 heavy (non-hydrogen) atoms. The number of rotatable bonds is 4. The molecule has 3 rings (SSSR count). The number of pyridine rings is 1. The summed E-state index contributed by atoms with van der Waals surface area (Å²) >= 11 is 0. The van der Waals surface area contributed by atoms with Crippen LogP contribution in [0.1, 0.15) is 44.5 Å². The SMILES string of the molecule is CCn1ncc2c(N[C@@H]3CCN(C(=O)OC(C)(C)C)C3)c(C(=O)O)cnc21. The number of carbonyl (C=O) groups excluding carboxylic acids is 1. The number of carboxylic acids is 1. The van der Waals surface area contributed by atoms with Gasteiger partial charge in [0.2, 0.25) is 0 Å². The van der Waals surface area contributed by atoms with E-state index in [4.69, 9.17) is 4.74 Å². The first-order valence-corrected chi connectivity index (χ1v) is 9.02. The van der Waals surface area contributed by atoms with Crippen molar-refractivity contribution in [3.05, 3.63) is 18.0 Å². The van der Waals surface area contributed by atoms with Gasteiger partial charge in [-0.05, 0) is 34.1 Å². The first kappa shape index (κ1) is 18.9. The van der Waals surface area contributed by atoms with Crippen LogP contribution in [-0.2, 0) is 11.3 Å². The summed E-state index contributed by atoms with van der Waals surface area (Å²) in [6, 6.07) is -0.0776. The summed E-state index contributed by atoms with van der Waals surface area (Å²) in [7, 11) is 0. The second-order valence-electron chi connectivity index (χ2n) is 7.61. The second-order valence-corrected chi connectivity index (χ2v) is 7.61. The van der Waals surface area contributed by atoms with E-state index >= 15 is 0 Å². The van der Waals surface area contributed by atoms with E-state index in [0.29, 0.717) is 42.8 Å². The van der Waals surface area contributed by atoms with Gasteiger partial charge >= 0.3 is 12.1 Å². The van der Waals surface area contributed by atoms with Gasteiger partial charge in [-0.3, -0.25) is 0 Å². The zero-order chi connectivity index (χ0) is 19.8. The molecule has 9 heteroatoms. The average Bonchev–Trinajstić information content (AvgIpc) is 3.19. The van der Waals surface area contributed by atoms with Crippen molar-refractivity contribution in [3.63, 3.8) is 0 Å². The van der Waals surface area contributed by atoms with Crippen LogP contribution in [0.2, 0.25) is 0 Å². The molecule has 0 unspecified atom stereocenters. The summed E-state index contributed by atoms with van der Waals surface area (Å²) in [5, 5.41) is 17.8. The van der Waals surface area contributed by atoms with Gasteiger partial charge < -0.3 is 20.1 Å². The molecule has 0 saturated carbocycles. The minimum Gasteiger partial charge on any atom is -0.478 e. The molecule has 1 fully saturated rings. The maximum atomic E-state index is 12.2. The van der Waals surface area contributed by atoms with E-state index in [9.17, 15) is 14.7 Å². The van der Waals surface area contributed by atoms with Crippen LogP contribution >= 0.6 is 0 Å². The van der Waals surface area contributed by atoms with E-state index in [0.717, 1.165) is 0 Å². The van der Waals surface area contributed by atoms with Crippen LogP contribution in [0.15, 0.2) is 12.4 Å². The molecule has 0 aliphatic carbocycles. The smallest absolute Gasteiger partial charge is 0.410 e. The third kappa shape index (κ3) is 3.96. The fraction of sp³-hybridized carbons (Fsp3) is 0.556. The van der Waals surface area contributed by atoms with E-state index in [-0.39, 0.29) is 17.7 Å². The Balaban J connectivity index is 1.82. The third-order valence-corrected chi connectivity index (χ3v) is 4.38. The van der Waals surface area contributed by atoms with Crippen molar-refractivity contribution in [1.82, 2.24) is 19.7 Å². The minimum atomic E-state index is -1.06. The normalized spacial score (nSPS) is 17.3. The number of nitrogens with one attached hydrogen (secondary N) is 1. The molecule has 3 heterocycles. The van der Waals surface area contributed by atoms with Crippen LogP contribution in [0.25, 0.3) is 11.0 Å². The lowest BCUT2D eigenvalue weighted by atomic mass is 10.1. The summed E-state index contributed by atoms with van der Waals surface area (Å²) in [6.45, 7) is 9.07. The highest BCUT2D eigenvalue weighted by Gasteiger charge is 2.31. The highest BCUT2D eigenvalue weighted by atomic mass is 16.6. The van der Waals surface area contributed by atoms with Crippen LogP contribution in [-0.4, -0.2) is 61.6 Å². The van der Waals surface area contributed by atoms with Gasteiger partial charge in [-0.1, -0.05) is 0 Å². The maximum absolute atomic E-state index is 12.2. The third-order valence-electron chi connectivity index (χ3n) is 4.38. The monoisotopic (exact) mass is 375 g/mol. The molecular weight excluding hydrogens is 350 g/mol. The minimum absolute atomic E-state index is 0.0776. The van der Waals surface area contributed by atoms with Crippen molar-refractivity contribution in [2.45, 2.75) is 52.3 Å². The predicted molar refractivity (Wildman–Crippen MR) is 100.0 cm³/mol. The predicted octanol–water partition coefficient (Wildman–Crippen LogP) is 2.57. The highest BCUT2D eigenvalue weighted by molar-refractivity contribution is 6.03. The van der Waals surface area contributed by atoms with Crippen LogP contribution < -0.4 is 5.32 Å². The average molecular weight is 375 g/mol. The summed E-state index contributed by atoms with van der Waals surface area (Å²) in [5.74, 6) is -1.06. The number of aryl methyl sites for hydroxylation is 1. The van der Waals surface area contributed by atoms with Gasteiger partial charge in [0.05, 0.1) is 17.3 Å². The van der Waals surface area contributed by atoms with Gasteiger partial charge in [-0.15, -0.1) is 0 Å². The molecule has 1 saturated heterocycles. The Morgan fingerprint density at radius 3 is 2.74 bits per heavy atom. The van der Waals surface area contributed by atoms with E-state index in [1.165, 1.54) is 6.20 Å². The second kappa shape index (κ2) is 7.05. The van der Waals surface area contributed by atoms with Crippen LogP contribution in [0, 0.1) is 0 Å². The molecule has 0 spiro atoms. The number of carbonyl (C=O) groups is 2. The summed E-state index contributed by atoms with van der Waals surface area (Å²) in [4.78, 5) is 29.8. The maximum Gasteiger partial charge on any atom is 0.410 e. The number of hydrogen-bond donors (Lipinski definition) is 2. The van der Waals surface area contributed by atoms with Crippen molar-refractivity contribution >= 4 is 28.8 Å². The Hall–Kier alpha value is -2.84. The van der Waals surface area contributed by atoms with E-state index in [2.05, 4.69) is 15.4 Å². The molecule has 1 aliphatic heterocycles. The molecule has 9 nitrogen and oxygen atoms in total. The number of carboxylic acid groups (broad SMARTS) is 1. The van der Waals surface area contributed by atoms with E-state index in [1.54, 1.807) is 15.8 Å². The van der Waals surface area contributed by atoms with Crippen molar-refractivity contribution in [2.24, 2.45) is 0 Å². The van der Waals surface area contributed by atoms with Gasteiger partial charge in [0.1, 0.15) is 11.2 Å². The number of likely N-dealkylation sites (tertiary alicyclic amines) is 1. The van der Waals surface area contributed by atoms with Crippen LogP contribution in [0.5, 0.6) is 0 Å². The summed E-state index contributed by atoms with van der Waals surface area (Å²) in [6.07, 6.45) is 3.32.